The Hall–Kier alpha value is -3.46. The molecule has 1 saturated heterocycles. The first kappa shape index (κ1) is 26.6. The van der Waals surface area contributed by atoms with Gasteiger partial charge in [-0.15, -0.1) is 0 Å². The highest BCUT2D eigenvalue weighted by atomic mass is 35.5. The van der Waals surface area contributed by atoms with Gasteiger partial charge in [0.1, 0.15) is 0 Å². The molecule has 1 aliphatic rings. The molecule has 0 atom stereocenters. The monoisotopic (exact) mass is 556 g/mol. The predicted molar refractivity (Wildman–Crippen MR) is 146 cm³/mol. The minimum absolute atomic E-state index is 0.0726. The van der Waals surface area contributed by atoms with Crippen molar-refractivity contribution in [3.8, 4) is 11.5 Å². The van der Waals surface area contributed by atoms with Crippen LogP contribution >= 0.6 is 35.0 Å². The number of halogens is 2. The first-order chi connectivity index (χ1) is 17.7. The van der Waals surface area contributed by atoms with E-state index in [0.29, 0.717) is 21.8 Å². The molecule has 0 aliphatic carbocycles. The second-order valence-corrected chi connectivity index (χ2v) is 9.91. The van der Waals surface area contributed by atoms with E-state index < -0.39 is 11.1 Å². The maximum Gasteiger partial charge on any atom is 0.293 e. The first-order valence-electron chi connectivity index (χ1n) is 11.1. The van der Waals surface area contributed by atoms with Crippen LogP contribution in [0.5, 0.6) is 11.5 Å². The highest BCUT2D eigenvalue weighted by Crippen LogP contribution is 2.39. The number of hydrogen-bond donors (Lipinski definition) is 1. The third-order valence-electron chi connectivity index (χ3n) is 5.36. The summed E-state index contributed by atoms with van der Waals surface area (Å²) in [5, 5.41) is 3.03. The second kappa shape index (κ2) is 11.7. The number of carbonyl (C=O) groups is 3. The Balaban J connectivity index is 1.47. The van der Waals surface area contributed by atoms with Gasteiger partial charge in [-0.05, 0) is 71.8 Å². The number of nitrogens with zero attached hydrogens (tertiary/aromatic N) is 1. The van der Waals surface area contributed by atoms with Crippen LogP contribution in [0.15, 0.2) is 65.6 Å². The van der Waals surface area contributed by atoms with E-state index in [0.717, 1.165) is 22.2 Å². The Labute approximate surface area is 228 Å². The molecular formula is C27H22Cl2N2O5S. The molecule has 3 aromatic rings. The van der Waals surface area contributed by atoms with Crippen LogP contribution in [-0.2, 0) is 16.1 Å². The molecule has 0 saturated carbocycles. The molecule has 0 unspecified atom stereocenters. The number of rotatable bonds is 8. The topological polar surface area (TPSA) is 84.9 Å². The summed E-state index contributed by atoms with van der Waals surface area (Å²) in [6.45, 7) is 1.71. The van der Waals surface area contributed by atoms with Crippen molar-refractivity contribution in [2.24, 2.45) is 0 Å². The number of aryl methyl sites for hydroxylation is 1. The summed E-state index contributed by atoms with van der Waals surface area (Å²) >= 11 is 13.4. The number of imide groups is 1. The molecule has 0 radical (unpaired) electrons. The van der Waals surface area contributed by atoms with Crippen molar-refractivity contribution in [3.05, 3.63) is 92.3 Å². The molecular weight excluding hydrogens is 535 g/mol. The van der Waals surface area contributed by atoms with E-state index in [-0.39, 0.29) is 40.5 Å². The predicted octanol–water partition coefficient (Wildman–Crippen LogP) is 6.56. The molecule has 1 aliphatic heterocycles. The van der Waals surface area contributed by atoms with Crippen molar-refractivity contribution in [3.63, 3.8) is 0 Å². The number of amides is 3. The number of hydrogen-bond acceptors (Lipinski definition) is 6. The molecule has 37 heavy (non-hydrogen) atoms. The van der Waals surface area contributed by atoms with Gasteiger partial charge >= 0.3 is 0 Å². The van der Waals surface area contributed by atoms with Crippen molar-refractivity contribution in [1.82, 2.24) is 4.90 Å². The SMILES string of the molecule is COc1cc(/C=C2\SC(=O)N(Cc3ccccc3Cl)C2=O)cc(Cl)c1OCC(=O)Nc1cccc(C)c1. The number of ether oxygens (including phenoxy) is 2. The van der Waals surface area contributed by atoms with E-state index in [1.807, 2.05) is 25.1 Å². The Morgan fingerprint density at radius 3 is 2.57 bits per heavy atom. The van der Waals surface area contributed by atoms with Gasteiger partial charge in [0.25, 0.3) is 17.1 Å². The Kier molecular flexibility index (Phi) is 8.43. The third kappa shape index (κ3) is 6.46. The zero-order valence-electron chi connectivity index (χ0n) is 19.9. The summed E-state index contributed by atoms with van der Waals surface area (Å²) in [4.78, 5) is 39.2. The molecule has 3 amide bonds. The zero-order valence-corrected chi connectivity index (χ0v) is 22.2. The lowest BCUT2D eigenvalue weighted by atomic mass is 10.1. The van der Waals surface area contributed by atoms with Crippen molar-refractivity contribution in [2.75, 3.05) is 19.0 Å². The van der Waals surface area contributed by atoms with Crippen LogP contribution in [-0.4, -0.2) is 35.7 Å². The molecule has 0 spiro atoms. The van der Waals surface area contributed by atoms with E-state index in [4.69, 9.17) is 32.7 Å². The lowest BCUT2D eigenvalue weighted by Crippen LogP contribution is -2.27. The van der Waals surface area contributed by atoms with E-state index in [2.05, 4.69) is 5.32 Å². The Morgan fingerprint density at radius 2 is 1.84 bits per heavy atom. The lowest BCUT2D eigenvalue weighted by Gasteiger charge is -2.14. The minimum Gasteiger partial charge on any atom is -0.493 e. The highest BCUT2D eigenvalue weighted by Gasteiger charge is 2.35. The Bertz CT molecular complexity index is 1410. The van der Waals surface area contributed by atoms with E-state index in [1.54, 1.807) is 48.5 Å². The molecule has 1 heterocycles. The lowest BCUT2D eigenvalue weighted by molar-refractivity contribution is -0.123. The van der Waals surface area contributed by atoms with Gasteiger partial charge in [-0.3, -0.25) is 19.3 Å². The minimum atomic E-state index is -0.432. The molecule has 7 nitrogen and oxygen atoms in total. The van der Waals surface area contributed by atoms with Gasteiger partial charge in [-0.25, -0.2) is 0 Å². The molecule has 0 aromatic heterocycles. The van der Waals surface area contributed by atoms with E-state index in [1.165, 1.54) is 7.11 Å². The molecule has 4 rings (SSSR count). The maximum absolute atomic E-state index is 12.9. The second-order valence-electron chi connectivity index (χ2n) is 8.10. The van der Waals surface area contributed by atoms with Crippen molar-refractivity contribution in [2.45, 2.75) is 13.5 Å². The van der Waals surface area contributed by atoms with Crippen LogP contribution < -0.4 is 14.8 Å². The number of benzene rings is 3. The van der Waals surface area contributed by atoms with Crippen LogP contribution in [0.25, 0.3) is 6.08 Å². The smallest absolute Gasteiger partial charge is 0.293 e. The third-order valence-corrected chi connectivity index (χ3v) is 6.92. The fraction of sp³-hybridized carbons (Fsp3) is 0.148. The largest absolute Gasteiger partial charge is 0.493 e. The van der Waals surface area contributed by atoms with Gasteiger partial charge in [0.05, 0.1) is 23.6 Å². The van der Waals surface area contributed by atoms with Gasteiger partial charge < -0.3 is 14.8 Å². The zero-order chi connectivity index (χ0) is 26.5. The standard InChI is InChI=1S/C27H22Cl2N2O5S/c1-16-6-5-8-19(10-16)30-24(32)15-36-25-21(29)11-17(12-22(25)35-2)13-23-26(33)31(27(34)37-23)14-18-7-3-4-9-20(18)28/h3-13H,14-15H2,1-2H3,(H,30,32)/b23-13-. The molecule has 0 bridgehead atoms. The van der Waals surface area contributed by atoms with Gasteiger partial charge in [-0.2, -0.15) is 0 Å². The normalized spacial score (nSPS) is 14.3. The molecule has 1 fully saturated rings. The number of nitrogens with one attached hydrogen (secondary N) is 1. The average molecular weight is 557 g/mol. The quantitative estimate of drug-likeness (QED) is 0.316. The van der Waals surface area contributed by atoms with Crippen LogP contribution in [0.3, 0.4) is 0 Å². The molecule has 10 heteroatoms. The molecule has 1 N–H and O–H groups in total. The van der Waals surface area contributed by atoms with E-state index in [9.17, 15) is 14.4 Å². The van der Waals surface area contributed by atoms with Crippen molar-refractivity contribution in [1.29, 1.82) is 0 Å². The highest BCUT2D eigenvalue weighted by molar-refractivity contribution is 8.18. The molecule has 3 aromatic carbocycles. The number of anilines is 1. The van der Waals surface area contributed by atoms with Gasteiger partial charge in [0.2, 0.25) is 0 Å². The average Bonchev–Trinajstić information content (AvgIpc) is 3.11. The fourth-order valence-electron chi connectivity index (χ4n) is 3.61. The summed E-state index contributed by atoms with van der Waals surface area (Å²) in [5.41, 5.74) is 2.87. The summed E-state index contributed by atoms with van der Waals surface area (Å²) < 4.78 is 11.0. The Morgan fingerprint density at radius 1 is 1.05 bits per heavy atom. The van der Waals surface area contributed by atoms with Gasteiger partial charge in [0, 0.05) is 10.7 Å². The first-order valence-corrected chi connectivity index (χ1v) is 12.7. The number of thioether (sulfide) groups is 1. The van der Waals surface area contributed by atoms with Crippen molar-refractivity contribution < 1.29 is 23.9 Å². The summed E-state index contributed by atoms with van der Waals surface area (Å²) in [6, 6.07) is 17.6. The number of methoxy groups -OCH3 is 1. The van der Waals surface area contributed by atoms with Gasteiger partial charge in [0.15, 0.2) is 18.1 Å². The van der Waals surface area contributed by atoms with Gasteiger partial charge in [-0.1, -0.05) is 53.5 Å². The fourth-order valence-corrected chi connectivity index (χ4v) is 4.91. The summed E-state index contributed by atoms with van der Waals surface area (Å²) in [5.74, 6) is -0.330. The number of carbonyl (C=O) groups excluding carboxylic acids is 3. The van der Waals surface area contributed by atoms with Crippen LogP contribution in [0.2, 0.25) is 10.0 Å². The summed E-state index contributed by atoms with van der Waals surface area (Å²) in [6.07, 6.45) is 1.56. The van der Waals surface area contributed by atoms with Crippen LogP contribution in [0.4, 0.5) is 10.5 Å². The molecule has 190 valence electrons. The van der Waals surface area contributed by atoms with Crippen LogP contribution in [0, 0.1) is 6.92 Å². The van der Waals surface area contributed by atoms with E-state index >= 15 is 0 Å². The maximum atomic E-state index is 12.9. The van der Waals surface area contributed by atoms with Crippen molar-refractivity contribution >= 4 is 63.8 Å². The van der Waals surface area contributed by atoms with Crippen LogP contribution in [0.1, 0.15) is 16.7 Å². The summed E-state index contributed by atoms with van der Waals surface area (Å²) in [7, 11) is 1.44.